The molecule has 0 saturated heterocycles. The summed E-state index contributed by atoms with van der Waals surface area (Å²) in [6.07, 6.45) is 7.79. The lowest BCUT2D eigenvalue weighted by molar-refractivity contribution is -0.734. The first kappa shape index (κ1) is 29.2. The number of rotatable bonds is 7. The van der Waals surface area contributed by atoms with Crippen LogP contribution in [0.2, 0.25) is 0 Å². The predicted molar refractivity (Wildman–Crippen MR) is 172 cm³/mol. The number of hydrogen-bond acceptors (Lipinski definition) is 4. The highest BCUT2D eigenvalue weighted by Gasteiger charge is 2.42. The van der Waals surface area contributed by atoms with Crippen LogP contribution in [0, 0.1) is 35.5 Å². The Morgan fingerprint density at radius 2 is 1.33 bits per heavy atom. The molecule has 6 atom stereocenters. The Morgan fingerprint density at radius 3 is 1.95 bits per heavy atom. The van der Waals surface area contributed by atoms with E-state index >= 15 is 0 Å². The van der Waals surface area contributed by atoms with Crippen LogP contribution in [0.3, 0.4) is 0 Å². The summed E-state index contributed by atoms with van der Waals surface area (Å²) in [6.45, 7) is 14.6. The maximum Gasteiger partial charge on any atom is 0.364 e. The van der Waals surface area contributed by atoms with Crippen molar-refractivity contribution < 1.29 is 4.80 Å². The molecule has 0 spiro atoms. The second-order valence-corrected chi connectivity index (χ2v) is 14.9. The number of hydrogen-bond donors (Lipinski definition) is 0. The average Bonchev–Trinajstić information content (AvgIpc) is 3.63. The highest BCUT2D eigenvalue weighted by atomic mass is 32.1. The van der Waals surface area contributed by atoms with E-state index in [1.807, 2.05) is 27.0 Å². The van der Waals surface area contributed by atoms with Gasteiger partial charge in [-0.15, -0.1) is 0 Å². The highest BCUT2D eigenvalue weighted by Crippen LogP contribution is 2.51. The second-order valence-electron chi connectivity index (χ2n) is 13.9. The first-order chi connectivity index (χ1) is 20.3. The molecule has 2 fully saturated rings. The quantitative estimate of drug-likeness (QED) is 0.204. The Labute approximate surface area is 256 Å². The minimum absolute atomic E-state index is 0.501. The zero-order valence-electron chi connectivity index (χ0n) is 26.3. The molecule has 222 valence electrons. The number of tetrazole rings is 1. The van der Waals surface area contributed by atoms with Gasteiger partial charge in [-0.2, -0.15) is 0 Å². The molecule has 6 unspecified atom stereocenters. The van der Waals surface area contributed by atoms with Crippen molar-refractivity contribution in [2.24, 2.45) is 35.5 Å². The lowest BCUT2D eigenvalue weighted by atomic mass is 9.65. The largest absolute Gasteiger partial charge is 0.364 e. The van der Waals surface area contributed by atoms with Crippen LogP contribution in [0.25, 0.3) is 22.2 Å². The molecule has 0 amide bonds. The zero-order valence-corrected chi connectivity index (χ0v) is 27.1. The average molecular weight is 583 g/mol. The van der Waals surface area contributed by atoms with Crippen molar-refractivity contribution in [1.82, 2.24) is 20.0 Å². The van der Waals surface area contributed by atoms with Gasteiger partial charge in [-0.25, -0.2) is 0 Å². The van der Waals surface area contributed by atoms with Gasteiger partial charge in [0.2, 0.25) is 0 Å². The topological polar surface area (TPSA) is 47.5 Å². The summed E-state index contributed by atoms with van der Waals surface area (Å²) in [4.78, 5) is 11.1. The SMILES string of the molecule is CC1CCC(C(C)C)C(c2nc(-[n+]3nc(-c4ccccc4)nn3-c3ccccc3)sc2C2CC(C)CCC2C(C)C)C1. The molecule has 42 heavy (non-hydrogen) atoms. The van der Waals surface area contributed by atoms with E-state index in [0.29, 0.717) is 35.5 Å². The lowest BCUT2D eigenvalue weighted by Crippen LogP contribution is -2.43. The van der Waals surface area contributed by atoms with Gasteiger partial charge >= 0.3 is 5.13 Å². The van der Waals surface area contributed by atoms with E-state index in [0.717, 1.165) is 34.0 Å². The molecule has 6 heteroatoms. The van der Waals surface area contributed by atoms with Crippen LogP contribution in [-0.4, -0.2) is 20.0 Å². The van der Waals surface area contributed by atoms with Gasteiger partial charge in [0.1, 0.15) is 11.4 Å². The number of benzene rings is 2. The maximum absolute atomic E-state index is 5.62. The second kappa shape index (κ2) is 12.4. The Balaban J connectivity index is 1.54. The molecule has 2 aliphatic rings. The highest BCUT2D eigenvalue weighted by molar-refractivity contribution is 7.13. The van der Waals surface area contributed by atoms with E-state index in [-0.39, 0.29) is 0 Å². The Morgan fingerprint density at radius 1 is 0.762 bits per heavy atom. The summed E-state index contributed by atoms with van der Waals surface area (Å²) >= 11 is 1.90. The van der Waals surface area contributed by atoms with Crippen LogP contribution in [0.15, 0.2) is 60.7 Å². The van der Waals surface area contributed by atoms with Gasteiger partial charge in [-0.05, 0) is 100 Å². The molecular formula is C36H48N5S+. The van der Waals surface area contributed by atoms with Crippen molar-refractivity contribution in [3.63, 3.8) is 0 Å². The van der Waals surface area contributed by atoms with Gasteiger partial charge < -0.3 is 0 Å². The van der Waals surface area contributed by atoms with Gasteiger partial charge in [0, 0.05) is 22.5 Å². The fourth-order valence-electron chi connectivity index (χ4n) is 7.81. The zero-order chi connectivity index (χ0) is 29.4. The van der Waals surface area contributed by atoms with Crippen LogP contribution >= 0.6 is 11.3 Å². The van der Waals surface area contributed by atoms with E-state index < -0.39 is 0 Å². The molecule has 0 bridgehead atoms. The lowest BCUT2D eigenvalue weighted by Gasteiger charge is -2.39. The predicted octanol–water partition coefficient (Wildman–Crippen LogP) is 9.02. The van der Waals surface area contributed by atoms with E-state index in [9.17, 15) is 0 Å². The number of aromatic nitrogens is 5. The van der Waals surface area contributed by atoms with Crippen molar-refractivity contribution in [3.05, 3.63) is 71.2 Å². The fourth-order valence-corrected chi connectivity index (χ4v) is 9.07. The molecule has 4 aromatic rings. The smallest absolute Gasteiger partial charge is 0.0932 e. The van der Waals surface area contributed by atoms with Gasteiger partial charge in [-0.1, -0.05) is 107 Å². The summed E-state index contributed by atoms with van der Waals surface area (Å²) in [6, 6.07) is 20.7. The van der Waals surface area contributed by atoms with E-state index in [4.69, 9.17) is 15.2 Å². The molecule has 0 radical (unpaired) electrons. The Bertz CT molecular complexity index is 1410. The molecule has 2 aromatic carbocycles. The molecule has 0 aliphatic heterocycles. The molecule has 6 rings (SSSR count). The molecule has 5 nitrogen and oxygen atoms in total. The molecule has 2 heterocycles. The van der Waals surface area contributed by atoms with Crippen LogP contribution in [0.1, 0.15) is 102 Å². The third-order valence-corrected chi connectivity index (χ3v) is 11.3. The minimum atomic E-state index is 0.501. The van der Waals surface area contributed by atoms with E-state index in [1.165, 1.54) is 49.1 Å². The third kappa shape index (κ3) is 5.84. The van der Waals surface area contributed by atoms with Crippen LogP contribution in [0.4, 0.5) is 0 Å². The summed E-state index contributed by atoms with van der Waals surface area (Å²) in [5.41, 5.74) is 3.38. The Kier molecular flexibility index (Phi) is 8.63. The van der Waals surface area contributed by atoms with Gasteiger partial charge in [0.25, 0.3) is 5.82 Å². The molecule has 2 aliphatic carbocycles. The number of para-hydroxylation sites is 1. The molecule has 2 saturated carbocycles. The van der Waals surface area contributed by atoms with Crippen LogP contribution in [-0.2, 0) is 0 Å². The van der Waals surface area contributed by atoms with Gasteiger partial charge in [0.15, 0.2) is 0 Å². The monoisotopic (exact) mass is 582 g/mol. The summed E-state index contributed by atoms with van der Waals surface area (Å²) in [7, 11) is 0. The van der Waals surface area contributed by atoms with Crippen molar-refractivity contribution >= 4 is 11.3 Å². The van der Waals surface area contributed by atoms with Crippen molar-refractivity contribution in [1.29, 1.82) is 0 Å². The number of nitrogens with zero attached hydrogens (tertiary/aromatic N) is 5. The summed E-state index contributed by atoms with van der Waals surface area (Å²) in [5.74, 6) is 5.95. The van der Waals surface area contributed by atoms with Crippen molar-refractivity contribution in [2.75, 3.05) is 0 Å². The normalized spacial score (nSPS) is 26.7. The van der Waals surface area contributed by atoms with Crippen LogP contribution < -0.4 is 4.80 Å². The van der Waals surface area contributed by atoms with E-state index in [1.54, 1.807) is 0 Å². The first-order valence-electron chi connectivity index (χ1n) is 16.3. The summed E-state index contributed by atoms with van der Waals surface area (Å²) < 4.78 is 0. The van der Waals surface area contributed by atoms with Crippen molar-refractivity contribution in [3.8, 4) is 22.2 Å². The number of thiazole rings is 1. The van der Waals surface area contributed by atoms with Gasteiger partial charge in [-0.3, -0.25) is 0 Å². The minimum Gasteiger partial charge on any atom is -0.0932 e. The first-order valence-corrected chi connectivity index (χ1v) is 17.1. The molecule has 2 aromatic heterocycles. The van der Waals surface area contributed by atoms with Crippen LogP contribution in [0.5, 0.6) is 0 Å². The summed E-state index contributed by atoms with van der Waals surface area (Å²) in [5, 5.41) is 11.1. The van der Waals surface area contributed by atoms with Crippen molar-refractivity contribution in [2.45, 2.75) is 91.9 Å². The molecule has 0 N–H and O–H groups in total. The standard InChI is InChI=1S/C36H48N5S/c1-23(2)29-19-17-25(5)21-31(29)33-34(32-22-26(6)18-20-30(32)24(3)4)42-36(37-33)41-39-35(27-13-9-7-10-14-27)38-40(41)28-15-11-8-12-16-28/h7-16,23-26,29-32H,17-22H2,1-6H3/q+1. The third-order valence-electron chi connectivity index (χ3n) is 10.2. The maximum atomic E-state index is 5.62. The fraction of sp³-hybridized carbons (Fsp3) is 0.556. The molecular weight excluding hydrogens is 534 g/mol. The van der Waals surface area contributed by atoms with Gasteiger partial charge in [0.05, 0.1) is 4.88 Å². The van der Waals surface area contributed by atoms with E-state index in [2.05, 4.69) is 96.1 Å². The Hall–Kier alpha value is -2.86.